The largest absolute Gasteiger partial charge is 0.382 e. The Kier molecular flexibility index (Phi) is 8.93. The molecule has 1 saturated carbocycles. The molecule has 0 amide bonds. The van der Waals surface area contributed by atoms with Crippen molar-refractivity contribution in [2.75, 3.05) is 53.4 Å². The SMILES string of the molecule is COCCOCCOCCOCC1(F)CCC(=O)CC1. The zero-order valence-corrected chi connectivity index (χ0v) is 12.2. The number of hydrogen-bond acceptors (Lipinski definition) is 5. The number of rotatable bonds is 11. The highest BCUT2D eigenvalue weighted by Gasteiger charge is 2.34. The number of alkyl halides is 1. The van der Waals surface area contributed by atoms with Crippen LogP contribution in [0.25, 0.3) is 0 Å². The smallest absolute Gasteiger partial charge is 0.135 e. The van der Waals surface area contributed by atoms with E-state index in [9.17, 15) is 9.18 Å². The van der Waals surface area contributed by atoms with Gasteiger partial charge in [-0.25, -0.2) is 4.39 Å². The lowest BCUT2D eigenvalue weighted by molar-refractivity contribution is -0.124. The van der Waals surface area contributed by atoms with Crippen LogP contribution in [0.3, 0.4) is 0 Å². The fourth-order valence-electron chi connectivity index (χ4n) is 1.96. The van der Waals surface area contributed by atoms with Crippen molar-refractivity contribution in [3.8, 4) is 0 Å². The molecule has 0 bridgehead atoms. The lowest BCUT2D eigenvalue weighted by atomic mass is 9.86. The van der Waals surface area contributed by atoms with E-state index in [1.165, 1.54) is 0 Å². The predicted octanol–water partition coefficient (Wildman–Crippen LogP) is 1.53. The molecule has 118 valence electrons. The molecule has 0 spiro atoms. The Balaban J connectivity index is 1.88. The quantitative estimate of drug-likeness (QED) is 0.541. The topological polar surface area (TPSA) is 54.0 Å². The summed E-state index contributed by atoms with van der Waals surface area (Å²) in [6.45, 7) is 2.96. The molecule has 0 heterocycles. The number of hydrogen-bond donors (Lipinski definition) is 0. The Labute approximate surface area is 119 Å². The molecule has 0 aromatic heterocycles. The summed E-state index contributed by atoms with van der Waals surface area (Å²) in [6.07, 6.45) is 1.21. The first-order valence-corrected chi connectivity index (χ1v) is 7.09. The summed E-state index contributed by atoms with van der Waals surface area (Å²) in [4.78, 5) is 11.0. The van der Waals surface area contributed by atoms with Crippen LogP contribution in [-0.2, 0) is 23.7 Å². The monoisotopic (exact) mass is 292 g/mol. The summed E-state index contributed by atoms with van der Waals surface area (Å²) in [6, 6.07) is 0. The maximum Gasteiger partial charge on any atom is 0.135 e. The van der Waals surface area contributed by atoms with Gasteiger partial charge < -0.3 is 18.9 Å². The molecule has 1 aliphatic rings. The molecule has 1 fully saturated rings. The first kappa shape index (κ1) is 17.5. The van der Waals surface area contributed by atoms with Gasteiger partial charge in [0.05, 0.1) is 46.2 Å². The Morgan fingerprint density at radius 2 is 1.45 bits per heavy atom. The summed E-state index contributed by atoms with van der Waals surface area (Å²) in [5, 5.41) is 0. The van der Waals surface area contributed by atoms with E-state index in [-0.39, 0.29) is 25.2 Å². The summed E-state index contributed by atoms with van der Waals surface area (Å²) >= 11 is 0. The molecule has 0 radical (unpaired) electrons. The molecular weight excluding hydrogens is 267 g/mol. The van der Waals surface area contributed by atoms with Crippen molar-refractivity contribution in [1.29, 1.82) is 0 Å². The minimum atomic E-state index is -1.34. The Morgan fingerprint density at radius 3 is 2.00 bits per heavy atom. The van der Waals surface area contributed by atoms with Gasteiger partial charge in [0.15, 0.2) is 0 Å². The third-order valence-electron chi connectivity index (χ3n) is 3.24. The van der Waals surface area contributed by atoms with Gasteiger partial charge in [0, 0.05) is 20.0 Å². The number of ketones is 1. The molecule has 0 unspecified atom stereocenters. The zero-order valence-electron chi connectivity index (χ0n) is 12.2. The average molecular weight is 292 g/mol. The number of carbonyl (C=O) groups is 1. The van der Waals surface area contributed by atoms with Crippen molar-refractivity contribution in [2.45, 2.75) is 31.4 Å². The molecule has 1 aliphatic carbocycles. The normalized spacial score (nSPS) is 18.4. The number of halogens is 1. The molecule has 0 N–H and O–H groups in total. The Bertz CT molecular complexity index is 262. The number of Topliss-reactive ketones (excluding diaryl/α,β-unsaturated/α-hetero) is 1. The van der Waals surface area contributed by atoms with Crippen LogP contribution < -0.4 is 0 Å². The highest BCUT2D eigenvalue weighted by Crippen LogP contribution is 2.30. The number of methoxy groups -OCH3 is 1. The van der Waals surface area contributed by atoms with E-state index < -0.39 is 5.67 Å². The van der Waals surface area contributed by atoms with Gasteiger partial charge in [-0.05, 0) is 12.8 Å². The zero-order chi connectivity index (χ0) is 14.7. The van der Waals surface area contributed by atoms with Gasteiger partial charge >= 0.3 is 0 Å². The third kappa shape index (κ3) is 7.89. The van der Waals surface area contributed by atoms with E-state index in [0.29, 0.717) is 52.5 Å². The molecule has 0 aromatic carbocycles. The number of carbonyl (C=O) groups excluding carboxylic acids is 1. The summed E-state index contributed by atoms with van der Waals surface area (Å²) in [5.74, 6) is 0.148. The minimum Gasteiger partial charge on any atom is -0.382 e. The fraction of sp³-hybridized carbons (Fsp3) is 0.929. The summed E-state index contributed by atoms with van der Waals surface area (Å²) in [7, 11) is 1.62. The van der Waals surface area contributed by atoms with E-state index in [1.54, 1.807) is 7.11 Å². The van der Waals surface area contributed by atoms with Gasteiger partial charge in [-0.2, -0.15) is 0 Å². The molecule has 6 heteroatoms. The third-order valence-corrected chi connectivity index (χ3v) is 3.24. The Morgan fingerprint density at radius 1 is 0.950 bits per heavy atom. The van der Waals surface area contributed by atoms with Crippen LogP contribution in [0.15, 0.2) is 0 Å². The second-order valence-electron chi connectivity index (χ2n) is 4.96. The summed E-state index contributed by atoms with van der Waals surface area (Å²) < 4.78 is 34.8. The van der Waals surface area contributed by atoms with Gasteiger partial charge in [0.2, 0.25) is 0 Å². The molecule has 0 atom stereocenters. The van der Waals surface area contributed by atoms with Crippen LogP contribution in [0.2, 0.25) is 0 Å². The van der Waals surface area contributed by atoms with Crippen molar-refractivity contribution in [3.63, 3.8) is 0 Å². The van der Waals surface area contributed by atoms with Crippen molar-refractivity contribution < 1.29 is 28.1 Å². The standard InChI is InChI=1S/C14H25FO5/c1-17-6-7-18-8-9-19-10-11-20-12-14(15)4-2-13(16)3-5-14/h2-12H2,1H3. The van der Waals surface area contributed by atoms with E-state index in [1.807, 2.05) is 0 Å². The molecule has 1 rings (SSSR count). The predicted molar refractivity (Wildman–Crippen MR) is 71.6 cm³/mol. The van der Waals surface area contributed by atoms with Crippen LogP contribution in [0, 0.1) is 0 Å². The molecule has 0 saturated heterocycles. The maximum atomic E-state index is 14.1. The van der Waals surface area contributed by atoms with Gasteiger partial charge in [-0.3, -0.25) is 4.79 Å². The lowest BCUT2D eigenvalue weighted by Gasteiger charge is -2.28. The minimum absolute atomic E-state index is 0.0496. The van der Waals surface area contributed by atoms with Gasteiger partial charge in [0.25, 0.3) is 0 Å². The summed E-state index contributed by atoms with van der Waals surface area (Å²) in [5.41, 5.74) is -1.34. The molecule has 20 heavy (non-hydrogen) atoms. The van der Waals surface area contributed by atoms with Crippen LogP contribution in [0.5, 0.6) is 0 Å². The van der Waals surface area contributed by atoms with Crippen LogP contribution in [0.4, 0.5) is 4.39 Å². The van der Waals surface area contributed by atoms with Gasteiger partial charge in [-0.1, -0.05) is 0 Å². The van der Waals surface area contributed by atoms with Crippen LogP contribution >= 0.6 is 0 Å². The average Bonchev–Trinajstić information content (AvgIpc) is 2.45. The highest BCUT2D eigenvalue weighted by molar-refractivity contribution is 5.79. The van der Waals surface area contributed by atoms with E-state index >= 15 is 0 Å². The van der Waals surface area contributed by atoms with Crippen LogP contribution in [-0.4, -0.2) is 64.8 Å². The maximum absolute atomic E-state index is 14.1. The second kappa shape index (κ2) is 10.2. The molecule has 0 aliphatic heterocycles. The first-order valence-electron chi connectivity index (χ1n) is 7.09. The van der Waals surface area contributed by atoms with E-state index in [2.05, 4.69) is 0 Å². The van der Waals surface area contributed by atoms with Crippen molar-refractivity contribution in [3.05, 3.63) is 0 Å². The van der Waals surface area contributed by atoms with Crippen molar-refractivity contribution in [1.82, 2.24) is 0 Å². The molecule has 5 nitrogen and oxygen atoms in total. The highest BCUT2D eigenvalue weighted by atomic mass is 19.1. The fourth-order valence-corrected chi connectivity index (χ4v) is 1.96. The van der Waals surface area contributed by atoms with E-state index in [4.69, 9.17) is 18.9 Å². The lowest BCUT2D eigenvalue weighted by Crippen LogP contribution is -2.35. The molecular formula is C14H25FO5. The van der Waals surface area contributed by atoms with Crippen LogP contribution in [0.1, 0.15) is 25.7 Å². The second-order valence-corrected chi connectivity index (χ2v) is 4.96. The first-order chi connectivity index (χ1) is 9.66. The van der Waals surface area contributed by atoms with Gasteiger partial charge in [-0.15, -0.1) is 0 Å². The number of ether oxygens (including phenoxy) is 4. The van der Waals surface area contributed by atoms with Gasteiger partial charge in [0.1, 0.15) is 11.5 Å². The molecule has 0 aromatic rings. The van der Waals surface area contributed by atoms with E-state index in [0.717, 1.165) is 0 Å². The van der Waals surface area contributed by atoms with Crippen molar-refractivity contribution >= 4 is 5.78 Å². The Hall–Kier alpha value is -0.560. The van der Waals surface area contributed by atoms with Crippen molar-refractivity contribution in [2.24, 2.45) is 0 Å².